The number of carbonyl (C=O) groups is 1. The van der Waals surface area contributed by atoms with Gasteiger partial charge in [-0.05, 0) is 70.4 Å². The van der Waals surface area contributed by atoms with Crippen molar-refractivity contribution in [3.63, 3.8) is 0 Å². The fourth-order valence-corrected chi connectivity index (χ4v) is 7.38. The van der Waals surface area contributed by atoms with E-state index >= 15 is 0 Å². The normalized spacial score (nSPS) is 29.9. The van der Waals surface area contributed by atoms with E-state index in [1.54, 1.807) is 6.07 Å². The third kappa shape index (κ3) is 4.32. The number of piperidine rings is 1. The van der Waals surface area contributed by atoms with Gasteiger partial charge in [-0.3, -0.25) is 4.79 Å². The molecule has 3 aliphatic rings. The largest absolute Gasteiger partial charge is 0.388 e. The quantitative estimate of drug-likeness (QED) is 0.554. The highest BCUT2D eigenvalue weighted by Gasteiger charge is 2.53. The number of carbonyl (C=O) groups excluding carboxylic acids is 1. The molecule has 5 rings (SSSR count). The van der Waals surface area contributed by atoms with E-state index in [4.69, 9.17) is 32.7 Å². The van der Waals surface area contributed by atoms with E-state index in [0.717, 1.165) is 42.2 Å². The van der Waals surface area contributed by atoms with Gasteiger partial charge in [0.05, 0.1) is 35.0 Å². The van der Waals surface area contributed by atoms with E-state index in [2.05, 4.69) is 6.92 Å². The van der Waals surface area contributed by atoms with Gasteiger partial charge in [0.25, 0.3) is 5.91 Å². The van der Waals surface area contributed by atoms with Crippen molar-refractivity contribution < 1.29 is 19.4 Å². The minimum absolute atomic E-state index is 0.00162. The lowest BCUT2D eigenvalue weighted by atomic mass is 9.74. The van der Waals surface area contributed by atoms with E-state index in [-0.39, 0.29) is 29.1 Å². The SMILES string of the molecule is CC(C)(O)[C@H]1CC[C@](C)([C@H]2CC3(CCN(C(=O)c4sc5cc(Cl)ccc5c4Cl)CC3)CO2)O1. The van der Waals surface area contributed by atoms with Crippen LogP contribution in [0, 0.1) is 5.41 Å². The number of likely N-dealkylation sites (tertiary alicyclic amines) is 1. The number of ether oxygens (including phenoxy) is 2. The van der Waals surface area contributed by atoms with Gasteiger partial charge in [-0.25, -0.2) is 0 Å². The number of amides is 1. The van der Waals surface area contributed by atoms with Crippen molar-refractivity contribution in [2.24, 2.45) is 5.41 Å². The first-order valence-electron chi connectivity index (χ1n) is 11.7. The Morgan fingerprint density at radius 1 is 1.24 bits per heavy atom. The summed E-state index contributed by atoms with van der Waals surface area (Å²) in [5.41, 5.74) is -1.13. The van der Waals surface area contributed by atoms with E-state index in [1.807, 2.05) is 30.9 Å². The van der Waals surface area contributed by atoms with Gasteiger partial charge >= 0.3 is 0 Å². The van der Waals surface area contributed by atoms with Crippen molar-refractivity contribution in [2.45, 2.75) is 76.3 Å². The summed E-state index contributed by atoms with van der Waals surface area (Å²) in [5.74, 6) is 0.00162. The Balaban J connectivity index is 1.24. The van der Waals surface area contributed by atoms with Crippen LogP contribution in [0.3, 0.4) is 0 Å². The maximum atomic E-state index is 13.3. The predicted octanol–water partition coefficient (Wildman–Crippen LogP) is 5.93. The number of hydrogen-bond acceptors (Lipinski definition) is 5. The number of benzene rings is 1. The van der Waals surface area contributed by atoms with Gasteiger partial charge in [-0.1, -0.05) is 29.3 Å². The van der Waals surface area contributed by atoms with E-state index < -0.39 is 5.60 Å². The number of fused-ring (bicyclic) bond motifs is 1. The molecular formula is C25H31Cl2NO4S. The lowest BCUT2D eigenvalue weighted by Gasteiger charge is -2.39. The molecule has 1 spiro atoms. The van der Waals surface area contributed by atoms with Gasteiger partial charge in [0.2, 0.25) is 0 Å². The maximum absolute atomic E-state index is 13.3. The summed E-state index contributed by atoms with van der Waals surface area (Å²) in [6.45, 7) is 7.84. The van der Waals surface area contributed by atoms with E-state index in [1.165, 1.54) is 11.3 Å². The Labute approximate surface area is 208 Å². The molecule has 3 atom stereocenters. The zero-order valence-electron chi connectivity index (χ0n) is 19.3. The molecule has 0 aliphatic carbocycles. The second-order valence-corrected chi connectivity index (χ2v) is 12.7. The Morgan fingerprint density at radius 2 is 1.97 bits per heavy atom. The molecule has 3 aliphatic heterocycles. The van der Waals surface area contributed by atoms with Crippen LogP contribution < -0.4 is 0 Å². The van der Waals surface area contributed by atoms with Crippen molar-refractivity contribution in [3.8, 4) is 0 Å². The highest BCUT2D eigenvalue weighted by atomic mass is 35.5. The molecule has 1 aromatic carbocycles. The zero-order valence-corrected chi connectivity index (χ0v) is 21.7. The third-order valence-electron chi connectivity index (χ3n) is 7.89. The first kappa shape index (κ1) is 23.8. The Hall–Kier alpha value is -0.890. The van der Waals surface area contributed by atoms with Gasteiger partial charge in [-0.15, -0.1) is 11.3 Å². The van der Waals surface area contributed by atoms with Crippen molar-refractivity contribution in [2.75, 3.05) is 19.7 Å². The minimum Gasteiger partial charge on any atom is -0.388 e. The summed E-state index contributed by atoms with van der Waals surface area (Å²) in [5, 5.41) is 12.4. The zero-order chi connectivity index (χ0) is 23.6. The van der Waals surface area contributed by atoms with Crippen LogP contribution in [0.25, 0.3) is 10.1 Å². The molecule has 3 saturated heterocycles. The van der Waals surface area contributed by atoms with Crippen LogP contribution in [0.2, 0.25) is 10.0 Å². The monoisotopic (exact) mass is 511 g/mol. The van der Waals surface area contributed by atoms with Crippen molar-refractivity contribution in [1.29, 1.82) is 0 Å². The number of aliphatic hydroxyl groups is 1. The summed E-state index contributed by atoms with van der Waals surface area (Å²) in [7, 11) is 0. The molecule has 1 N–H and O–H groups in total. The molecule has 4 heterocycles. The number of nitrogens with zero attached hydrogens (tertiary/aromatic N) is 1. The van der Waals surface area contributed by atoms with Crippen molar-refractivity contribution >= 4 is 50.5 Å². The highest BCUT2D eigenvalue weighted by Crippen LogP contribution is 2.49. The number of thiophene rings is 1. The molecular weight excluding hydrogens is 481 g/mol. The second-order valence-electron chi connectivity index (χ2n) is 10.8. The first-order chi connectivity index (χ1) is 15.5. The Kier molecular flexibility index (Phi) is 6.03. The fourth-order valence-electron chi connectivity index (χ4n) is 5.63. The summed E-state index contributed by atoms with van der Waals surface area (Å²) < 4.78 is 13.6. The standard InChI is InChI=1S/C25H31Cl2NO4S/c1-23(2,30)18-6-7-24(3,32-18)19-13-25(14-31-19)8-10-28(11-9-25)22(29)21-20(27)16-5-4-15(26)12-17(16)33-21/h4-5,12,18-19,30H,6-11,13-14H2,1-3H3/t18-,19-,24-/m1/s1. The molecule has 1 aromatic heterocycles. The maximum Gasteiger partial charge on any atom is 0.265 e. The van der Waals surface area contributed by atoms with Gasteiger partial charge in [0.15, 0.2) is 0 Å². The van der Waals surface area contributed by atoms with E-state index in [0.29, 0.717) is 34.6 Å². The van der Waals surface area contributed by atoms with Crippen molar-refractivity contribution in [1.82, 2.24) is 4.90 Å². The predicted molar refractivity (Wildman–Crippen MR) is 133 cm³/mol. The molecule has 0 saturated carbocycles. The molecule has 8 heteroatoms. The van der Waals surface area contributed by atoms with Crippen LogP contribution in [0.5, 0.6) is 0 Å². The summed E-state index contributed by atoms with van der Waals surface area (Å²) in [4.78, 5) is 15.8. The molecule has 0 unspecified atom stereocenters. The Bertz CT molecular complexity index is 1070. The highest BCUT2D eigenvalue weighted by molar-refractivity contribution is 7.21. The Morgan fingerprint density at radius 3 is 2.64 bits per heavy atom. The topological polar surface area (TPSA) is 59.0 Å². The lowest BCUT2D eigenvalue weighted by Crippen LogP contribution is -2.45. The van der Waals surface area contributed by atoms with Gasteiger partial charge in [-0.2, -0.15) is 0 Å². The third-order valence-corrected chi connectivity index (χ3v) is 9.77. The molecule has 1 amide bonds. The van der Waals surface area contributed by atoms with Crippen LogP contribution in [0.4, 0.5) is 0 Å². The first-order valence-corrected chi connectivity index (χ1v) is 13.3. The van der Waals surface area contributed by atoms with Crippen LogP contribution in [-0.2, 0) is 9.47 Å². The summed E-state index contributed by atoms with van der Waals surface area (Å²) >= 11 is 14.1. The van der Waals surface area contributed by atoms with Gasteiger partial charge in [0, 0.05) is 28.2 Å². The average molecular weight is 512 g/mol. The fraction of sp³-hybridized carbons (Fsp3) is 0.640. The molecule has 5 nitrogen and oxygen atoms in total. The smallest absolute Gasteiger partial charge is 0.265 e. The molecule has 33 heavy (non-hydrogen) atoms. The number of rotatable bonds is 3. The minimum atomic E-state index is -0.848. The van der Waals surface area contributed by atoms with Crippen molar-refractivity contribution in [3.05, 3.63) is 33.1 Å². The average Bonchev–Trinajstić information content (AvgIpc) is 3.45. The molecule has 180 valence electrons. The van der Waals surface area contributed by atoms with Crippen LogP contribution in [-0.4, -0.2) is 59.0 Å². The molecule has 3 fully saturated rings. The van der Waals surface area contributed by atoms with Crippen LogP contribution in [0.15, 0.2) is 18.2 Å². The lowest BCUT2D eigenvalue weighted by molar-refractivity contribution is -0.155. The van der Waals surface area contributed by atoms with Crippen LogP contribution >= 0.6 is 34.5 Å². The number of halogens is 2. The van der Waals surface area contributed by atoms with Crippen LogP contribution in [0.1, 0.15) is 62.5 Å². The summed E-state index contributed by atoms with van der Waals surface area (Å²) in [6, 6.07) is 5.54. The van der Waals surface area contributed by atoms with Gasteiger partial charge in [0.1, 0.15) is 4.88 Å². The molecule has 0 radical (unpaired) electrons. The number of hydrogen-bond donors (Lipinski definition) is 1. The van der Waals surface area contributed by atoms with E-state index in [9.17, 15) is 9.90 Å². The molecule has 2 aromatic rings. The summed E-state index contributed by atoms with van der Waals surface area (Å²) in [6.07, 6.45) is 4.35. The molecule has 0 bridgehead atoms. The second kappa shape index (κ2) is 8.35. The van der Waals surface area contributed by atoms with Gasteiger partial charge < -0.3 is 19.5 Å².